The Balaban J connectivity index is 6.42. The van der Waals surface area contributed by atoms with Gasteiger partial charge in [0.2, 0.25) is 65.0 Å². The maximum Gasteiger partial charge on any atom is 0.328 e. The number of thiol groups is 1. The van der Waals surface area contributed by atoms with Crippen molar-refractivity contribution in [3.05, 3.63) is 0 Å². The molecule has 11 amide bonds. The second kappa shape index (κ2) is 35.1. The molecule has 0 aliphatic heterocycles. The number of unbranched alkanes of at least 4 members (excludes halogenated alkanes) is 1. The van der Waals surface area contributed by atoms with Crippen LogP contribution >= 0.6 is 12.6 Å². The molecular weight excluding hydrogens is 999 g/mol. The van der Waals surface area contributed by atoms with Gasteiger partial charge in [0.1, 0.15) is 54.4 Å². The monoisotopic (exact) mass is 1080 g/mol. The fourth-order valence-corrected chi connectivity index (χ4v) is 6.89. The molecule has 422 valence electrons. The summed E-state index contributed by atoms with van der Waals surface area (Å²) in [5.74, 6) is -14.6. The first-order valence-corrected chi connectivity index (χ1v) is 24.7. The first-order valence-electron chi connectivity index (χ1n) is 24.1. The summed E-state index contributed by atoms with van der Waals surface area (Å²) in [6, 6.07) is -15.5. The summed E-state index contributed by atoms with van der Waals surface area (Å²) >= 11 is 4.06. The van der Waals surface area contributed by atoms with Gasteiger partial charge in [-0.05, 0) is 50.0 Å². The number of nitrogens with one attached hydrogen (secondary N) is 9. The second-order valence-electron chi connectivity index (χ2n) is 18.0. The van der Waals surface area contributed by atoms with Gasteiger partial charge in [-0.25, -0.2) is 4.79 Å². The van der Waals surface area contributed by atoms with E-state index in [0.29, 0.717) is 12.8 Å². The molecular formula is C44H79N13O16S. The van der Waals surface area contributed by atoms with Crippen molar-refractivity contribution in [1.29, 1.82) is 0 Å². The maximum absolute atomic E-state index is 13.9. The SMILES string of the molecule is CC[C@H](C)[C@H](N)C(=O)N[C@H](C(=O)N[C@@H](CC(N)=O)C(=O)N[C@@H](CCCCN)C(=O)N[C@@H](CCC(N)=O)C(=O)N[C@@H](CO)C(=O)N[C@@H](CS)C(=O)N[C@@H](CO)C(=O)N[C@H](C(=O)N[C@@H](CO)C(=O)O)[C@@H](C)CC)C(C)C. The molecule has 0 unspecified atom stereocenters. The lowest BCUT2D eigenvalue weighted by molar-refractivity contribution is -0.143. The van der Waals surface area contributed by atoms with E-state index in [4.69, 9.17) is 22.9 Å². The van der Waals surface area contributed by atoms with Crippen LogP contribution in [0.3, 0.4) is 0 Å². The Bertz CT molecular complexity index is 1930. The Morgan fingerprint density at radius 3 is 1.30 bits per heavy atom. The van der Waals surface area contributed by atoms with E-state index >= 15 is 0 Å². The number of amides is 11. The van der Waals surface area contributed by atoms with Crippen LogP contribution < -0.4 is 70.8 Å². The highest BCUT2D eigenvalue weighted by Gasteiger charge is 2.37. The number of aliphatic hydroxyl groups excluding tert-OH is 3. The average molecular weight is 1080 g/mol. The smallest absolute Gasteiger partial charge is 0.328 e. The molecule has 0 aromatic heterocycles. The van der Waals surface area contributed by atoms with Crippen LogP contribution in [0.15, 0.2) is 0 Å². The van der Waals surface area contributed by atoms with E-state index in [2.05, 4.69) is 60.5 Å². The molecule has 0 radical (unpaired) electrons. The number of aliphatic hydroxyl groups is 3. The van der Waals surface area contributed by atoms with Crippen LogP contribution in [0.4, 0.5) is 0 Å². The third kappa shape index (κ3) is 23.8. The zero-order chi connectivity index (χ0) is 57.0. The van der Waals surface area contributed by atoms with E-state index in [1.54, 1.807) is 34.6 Å². The van der Waals surface area contributed by atoms with Crippen molar-refractivity contribution in [3.8, 4) is 0 Å². The van der Waals surface area contributed by atoms with Gasteiger partial charge < -0.3 is 91.2 Å². The molecule has 0 spiro atoms. The molecule has 29 nitrogen and oxygen atoms in total. The summed E-state index contributed by atoms with van der Waals surface area (Å²) < 4.78 is 0. The molecule has 0 aliphatic carbocycles. The predicted octanol–water partition coefficient (Wildman–Crippen LogP) is -7.31. The van der Waals surface area contributed by atoms with Gasteiger partial charge in [0.05, 0.1) is 32.3 Å². The minimum Gasteiger partial charge on any atom is -0.480 e. The summed E-state index contributed by atoms with van der Waals surface area (Å²) in [5.41, 5.74) is 22.4. The number of rotatable bonds is 37. The summed E-state index contributed by atoms with van der Waals surface area (Å²) in [5, 5.41) is 59.5. The molecule has 0 aliphatic rings. The first-order chi connectivity index (χ1) is 34.7. The van der Waals surface area contributed by atoms with Gasteiger partial charge in [-0.1, -0.05) is 54.4 Å². The van der Waals surface area contributed by atoms with E-state index in [-0.39, 0.29) is 31.7 Å². The second-order valence-corrected chi connectivity index (χ2v) is 18.3. The zero-order valence-corrected chi connectivity index (χ0v) is 43.5. The molecule has 0 aromatic carbocycles. The van der Waals surface area contributed by atoms with Gasteiger partial charge in [0.15, 0.2) is 0 Å². The minimum atomic E-state index is -1.87. The highest BCUT2D eigenvalue weighted by molar-refractivity contribution is 7.80. The molecule has 0 fully saturated rings. The van der Waals surface area contributed by atoms with Gasteiger partial charge in [-0.15, -0.1) is 0 Å². The fourth-order valence-electron chi connectivity index (χ4n) is 6.63. The molecule has 0 bridgehead atoms. The van der Waals surface area contributed by atoms with E-state index in [9.17, 15) is 78.0 Å². The van der Waals surface area contributed by atoms with Crippen molar-refractivity contribution < 1.29 is 78.0 Å². The van der Waals surface area contributed by atoms with Gasteiger partial charge in [-0.2, -0.15) is 12.6 Å². The number of hydrogen-bond acceptors (Lipinski definition) is 18. The molecule has 0 aromatic rings. The summed E-state index contributed by atoms with van der Waals surface area (Å²) in [6.45, 7) is 7.03. The number of carboxylic acids is 1. The van der Waals surface area contributed by atoms with Crippen LogP contribution in [0.1, 0.15) is 92.9 Å². The van der Waals surface area contributed by atoms with E-state index in [0.717, 1.165) is 0 Å². The third-order valence-corrected chi connectivity index (χ3v) is 12.1. The number of carbonyl (C=O) groups is 12. The van der Waals surface area contributed by atoms with Crippen molar-refractivity contribution in [1.82, 2.24) is 47.9 Å². The summed E-state index contributed by atoms with van der Waals surface area (Å²) in [6.07, 6.45) is -0.498. The predicted molar refractivity (Wildman–Crippen MR) is 267 cm³/mol. The standard InChI is InChI=1S/C44H79N13O16S/c1-7-21(5)32(48)41(69)56-33(20(3)4)42(70)51-25(15-31(47)62)37(65)49-23(11-9-10-14-45)35(63)50-24(12-13-30(46)61)36(64)52-26(16-58)38(66)55-29(19-74)40(68)53-27(17-59)39(67)57-34(22(6)8-2)43(71)54-28(18-60)44(72)73/h20-29,32-34,58-60,74H,7-19,45,48H2,1-6H3,(H2,46,61)(H2,47,62)(H,49,65)(H,50,63)(H,51,70)(H,52,64)(H,53,68)(H,54,71)(H,55,66)(H,56,69)(H,57,67)(H,72,73)/t21-,22-,23-,24-,25-,26-,27-,28-,29-,32-,33-,34-/m0/s1. The van der Waals surface area contributed by atoms with Crippen LogP contribution in [-0.2, 0) is 57.5 Å². The van der Waals surface area contributed by atoms with Crippen LogP contribution in [0.25, 0.3) is 0 Å². The van der Waals surface area contributed by atoms with Gasteiger partial charge >= 0.3 is 5.97 Å². The molecule has 0 heterocycles. The summed E-state index contributed by atoms with van der Waals surface area (Å²) in [7, 11) is 0. The van der Waals surface area contributed by atoms with Crippen LogP contribution in [-0.4, -0.2) is 184 Å². The lowest BCUT2D eigenvalue weighted by Gasteiger charge is -2.28. The van der Waals surface area contributed by atoms with Crippen molar-refractivity contribution in [2.45, 2.75) is 153 Å². The van der Waals surface area contributed by atoms with Crippen molar-refractivity contribution >= 4 is 83.6 Å². The number of hydrogen-bond donors (Lipinski definition) is 18. The number of carboxylic acid groups (broad SMARTS) is 1. The summed E-state index contributed by atoms with van der Waals surface area (Å²) in [4.78, 5) is 156. The average Bonchev–Trinajstić information content (AvgIpc) is 3.35. The topological polar surface area (TPSA) is 498 Å². The number of aliphatic carboxylic acids is 1. The normalized spacial score (nSPS) is 16.0. The number of carbonyl (C=O) groups excluding carboxylic acids is 11. The van der Waals surface area contributed by atoms with Crippen molar-refractivity contribution in [3.63, 3.8) is 0 Å². The van der Waals surface area contributed by atoms with Crippen LogP contribution in [0.5, 0.6) is 0 Å². The molecule has 74 heavy (non-hydrogen) atoms. The van der Waals surface area contributed by atoms with E-state index in [1.165, 1.54) is 0 Å². The Kier molecular flexibility index (Phi) is 32.1. The molecule has 0 saturated carbocycles. The van der Waals surface area contributed by atoms with Gasteiger partial charge in [0.25, 0.3) is 0 Å². The molecule has 12 atom stereocenters. The van der Waals surface area contributed by atoms with Crippen LogP contribution in [0.2, 0.25) is 0 Å². The van der Waals surface area contributed by atoms with Crippen molar-refractivity contribution in [2.24, 2.45) is 40.7 Å². The third-order valence-electron chi connectivity index (χ3n) is 11.8. The lowest BCUT2D eigenvalue weighted by atomic mass is 9.97. The molecule has 30 heteroatoms. The Labute approximate surface area is 434 Å². The van der Waals surface area contributed by atoms with E-state index in [1.807, 2.05) is 6.92 Å². The van der Waals surface area contributed by atoms with Gasteiger partial charge in [0, 0.05) is 12.2 Å². The minimum absolute atomic E-state index is 0.131. The molecule has 0 rings (SSSR count). The zero-order valence-electron chi connectivity index (χ0n) is 42.6. The quantitative estimate of drug-likeness (QED) is 0.0203. The lowest BCUT2D eigenvalue weighted by Crippen LogP contribution is -2.62. The maximum atomic E-state index is 13.9. The van der Waals surface area contributed by atoms with E-state index < -0.39 is 188 Å². The Morgan fingerprint density at radius 1 is 0.473 bits per heavy atom. The highest BCUT2D eigenvalue weighted by atomic mass is 32.1. The van der Waals surface area contributed by atoms with Crippen molar-refractivity contribution in [2.75, 3.05) is 32.1 Å². The largest absolute Gasteiger partial charge is 0.480 e. The Hall–Kier alpha value is -6.21. The number of primary amides is 2. The first kappa shape index (κ1) is 67.8. The van der Waals surface area contributed by atoms with Crippen LogP contribution in [0, 0.1) is 17.8 Å². The Morgan fingerprint density at radius 2 is 0.865 bits per heavy atom. The fraction of sp³-hybridized carbons (Fsp3) is 0.727. The highest BCUT2D eigenvalue weighted by Crippen LogP contribution is 2.12. The molecule has 0 saturated heterocycles. The number of nitrogens with two attached hydrogens (primary N) is 4. The van der Waals surface area contributed by atoms with Gasteiger partial charge in [-0.3, -0.25) is 52.7 Å². The molecule has 21 N–H and O–H groups in total.